The van der Waals surface area contributed by atoms with Gasteiger partial charge in [-0.05, 0) is 150 Å². The van der Waals surface area contributed by atoms with Gasteiger partial charge in [-0.25, -0.2) is 0 Å². The molecule has 0 radical (unpaired) electrons. The Morgan fingerprint density at radius 1 is 0.412 bits per heavy atom. The molecule has 2 spiro atoms. The van der Waals surface area contributed by atoms with Gasteiger partial charge in [-0.3, -0.25) is 0 Å². The van der Waals surface area contributed by atoms with Gasteiger partial charge in [0.2, 0.25) is 0 Å². The minimum Gasteiger partial charge on any atom is -0.171 e. The van der Waals surface area contributed by atoms with E-state index in [1.807, 2.05) is 111 Å². The third-order valence-electron chi connectivity index (χ3n) is 16.9. The normalized spacial score (nSPS) is 21.1. The summed E-state index contributed by atoms with van der Waals surface area (Å²) in [6.45, 7) is 75.6. The van der Waals surface area contributed by atoms with Gasteiger partial charge in [0.15, 0.2) is 0 Å². The number of unbranched alkanes of at least 4 members (excludes halogenated alkanes) is 1. The third kappa shape index (κ3) is 123. The van der Waals surface area contributed by atoms with Crippen LogP contribution < -0.4 is 0 Å². The van der Waals surface area contributed by atoms with Crippen molar-refractivity contribution < 1.29 is 40.1 Å². The first-order chi connectivity index (χ1) is 47.5. The van der Waals surface area contributed by atoms with E-state index in [1.165, 1.54) is 128 Å². The molecule has 0 N–H and O–H groups in total. The van der Waals surface area contributed by atoms with Crippen LogP contribution in [0.4, 0.5) is 26.3 Å². The Labute approximate surface area is 630 Å². The Morgan fingerprint density at radius 2 is 0.629 bits per heavy atom. The molecule has 0 heterocycles. The largest absolute Gasteiger partial charge is 0.389 e. The van der Waals surface area contributed by atoms with Gasteiger partial charge in [0.1, 0.15) is 0 Å². The van der Waals surface area contributed by atoms with Crippen molar-refractivity contribution in [3.63, 3.8) is 0 Å². The molecule has 97 heavy (non-hydrogen) atoms. The van der Waals surface area contributed by atoms with Gasteiger partial charge >= 0.3 is 12.4 Å². The molecule has 2 atom stereocenters. The van der Waals surface area contributed by atoms with Crippen molar-refractivity contribution in [1.29, 1.82) is 0 Å². The summed E-state index contributed by atoms with van der Waals surface area (Å²) in [5.74, 6) is 1.91. The number of rotatable bonds is 7. The highest BCUT2D eigenvalue weighted by Gasteiger charge is 2.40. The molecule has 2 unspecified atom stereocenters. The maximum absolute atomic E-state index is 11.5. The van der Waals surface area contributed by atoms with Crippen LogP contribution in [0.1, 0.15) is 508 Å². The van der Waals surface area contributed by atoms with Crippen LogP contribution in [0.25, 0.3) is 0 Å². The van der Waals surface area contributed by atoms with E-state index in [2.05, 4.69) is 104 Å². The second kappa shape index (κ2) is 73.9. The molecule has 0 bridgehead atoms. The highest BCUT2D eigenvalue weighted by Crippen LogP contribution is 2.53. The Bertz CT molecular complexity index is 1750. The minimum atomic E-state index is -3.98. The molecular weight excluding hydrogens is 1210 g/mol. The predicted octanol–water partition coefficient (Wildman–Crippen LogP) is 36.9. The smallest absolute Gasteiger partial charge is 0.171 e. The van der Waals surface area contributed by atoms with Crippen molar-refractivity contribution in [3.8, 4) is 0 Å². The highest BCUT2D eigenvalue weighted by molar-refractivity contribution is 4.92. The molecule has 0 saturated heterocycles. The van der Waals surface area contributed by atoms with E-state index in [0.29, 0.717) is 30.1 Å². The van der Waals surface area contributed by atoms with Crippen LogP contribution >= 0.6 is 0 Å². The molecule has 6 saturated carbocycles. The number of alkyl halides is 6. The first-order valence-corrected chi connectivity index (χ1v) is 40.6. The fourth-order valence-corrected chi connectivity index (χ4v) is 9.54. The van der Waals surface area contributed by atoms with Gasteiger partial charge in [0, 0.05) is 26.5 Å². The molecule has 0 aromatic rings. The van der Waals surface area contributed by atoms with Gasteiger partial charge in [-0.2, -0.15) is 26.3 Å². The van der Waals surface area contributed by atoms with E-state index >= 15 is 0 Å². The number of halogens is 6. The number of hydrogen-bond acceptors (Lipinski definition) is 0. The predicted molar refractivity (Wildman–Crippen MR) is 441 cm³/mol. The summed E-state index contributed by atoms with van der Waals surface area (Å²) < 4.78 is 140. The Morgan fingerprint density at radius 3 is 0.773 bits per heavy atom. The lowest BCUT2D eigenvalue weighted by Gasteiger charge is -2.47. The zero-order valence-electron chi connectivity index (χ0n) is 84.1. The maximum Gasteiger partial charge on any atom is 0.389 e. The summed E-state index contributed by atoms with van der Waals surface area (Å²) >= 11 is 0. The lowest BCUT2D eigenvalue weighted by molar-refractivity contribution is -0.144. The summed E-state index contributed by atoms with van der Waals surface area (Å²) in [7, 11) is 0. The Kier molecular flexibility index (Phi) is 72.0. The van der Waals surface area contributed by atoms with Crippen molar-refractivity contribution in [2.24, 2.45) is 86.2 Å². The van der Waals surface area contributed by atoms with Gasteiger partial charge in [-0.1, -0.05) is 417 Å². The molecule has 6 aliphatic carbocycles. The van der Waals surface area contributed by atoms with E-state index < -0.39 is 44.3 Å². The molecule has 0 aromatic heterocycles. The van der Waals surface area contributed by atoms with Crippen LogP contribution in [-0.2, 0) is 0 Å². The molecule has 0 amide bonds. The lowest BCUT2D eigenvalue weighted by Crippen LogP contribution is -2.34. The van der Waals surface area contributed by atoms with Crippen molar-refractivity contribution >= 4 is 0 Å². The fourth-order valence-electron chi connectivity index (χ4n) is 9.54. The van der Waals surface area contributed by atoms with E-state index in [1.54, 1.807) is 74.1 Å². The van der Waals surface area contributed by atoms with Crippen LogP contribution in [-0.4, -0.2) is 12.4 Å². The molecule has 6 fully saturated rings. The second-order valence-electron chi connectivity index (χ2n) is 35.2. The summed E-state index contributed by atoms with van der Waals surface area (Å²) in [5.41, 5.74) is 2.57. The van der Waals surface area contributed by atoms with Crippen LogP contribution in [0, 0.1) is 86.2 Å². The zero-order valence-corrected chi connectivity index (χ0v) is 74.1. The minimum absolute atomic E-state index is 0.0556. The summed E-state index contributed by atoms with van der Waals surface area (Å²) in [4.78, 5) is 0. The topological polar surface area (TPSA) is 0 Å². The first-order valence-electron chi connectivity index (χ1n) is 45.6. The summed E-state index contributed by atoms with van der Waals surface area (Å²) in [6, 6.07) is 0. The Hall–Kier alpha value is -0.420. The molecule has 602 valence electrons. The third-order valence-corrected chi connectivity index (χ3v) is 16.9. The quantitative estimate of drug-likeness (QED) is 0.223. The van der Waals surface area contributed by atoms with Gasteiger partial charge < -0.3 is 0 Å². The maximum atomic E-state index is 11.5. The van der Waals surface area contributed by atoms with Crippen LogP contribution in [0.3, 0.4) is 0 Å². The molecule has 6 heteroatoms. The molecule has 0 nitrogen and oxygen atoms in total. The highest BCUT2D eigenvalue weighted by atomic mass is 19.4. The average Bonchev–Trinajstić information content (AvgIpc) is 1.21. The standard InChI is InChI=1S/C14H26.C11H20.C7H14.2C6H11F3.C6H12.C6H14.2C5H12.5C4H10.C3H8.C2H6/c1-12-4-6-14(7-5-12)10-8-13(2,3)9-11-14;1-10-4-8-11(9-5-10)6-2-3-7-11;1-7-5-3-2-4-6-7;2*1-3-5(2)4-6(7,8)9;1-6-4-2-3-5-6;1-5-6(2,3)4;1-5(2,3)4;1-4-5(2)3;3*1-4(2)3;2*1-3-4-2;1-3-2;1-2/h12H,4-11H2,1-3H3;10H,2-9H2,1H3;7H,2-6H2,1H3;2*5H,3-4H2,1-2H3;6H,2-5H2,1H3;5H2,1-4H3;1-4H3;5H,4H2,1-3H3;3*4H,1-3H3;2*3-4H2,1-2H3;3H2,1-2H3;1-2H3/i;;7D;;;6D;5D2;;4D2;2*4D;;3D2;;;. The fraction of sp³-hybridized carbons (Fsp3) is 1.00. The van der Waals surface area contributed by atoms with E-state index in [9.17, 15) is 26.3 Å². The van der Waals surface area contributed by atoms with Crippen LogP contribution in [0.2, 0.25) is 0 Å². The van der Waals surface area contributed by atoms with Gasteiger partial charge in [0.25, 0.3) is 0 Å². The van der Waals surface area contributed by atoms with Crippen molar-refractivity contribution in [2.45, 2.75) is 506 Å². The second-order valence-corrected chi connectivity index (χ2v) is 35.2. The molecule has 0 aliphatic heterocycles. The van der Waals surface area contributed by atoms with E-state index in [0.717, 1.165) is 54.3 Å². The molecular formula is C91H196F6. The van der Waals surface area contributed by atoms with Crippen molar-refractivity contribution in [2.75, 3.05) is 0 Å². The lowest BCUT2D eigenvalue weighted by atomic mass is 9.59. The summed E-state index contributed by atoms with van der Waals surface area (Å²) in [6.07, 6.45) is 28.7. The zero-order chi connectivity index (χ0) is 87.8. The monoisotopic (exact) mass is 1410 g/mol. The van der Waals surface area contributed by atoms with Crippen LogP contribution in [0.5, 0.6) is 0 Å². The van der Waals surface area contributed by atoms with Crippen molar-refractivity contribution in [3.05, 3.63) is 0 Å². The Balaban J connectivity index is -0.000000119. The van der Waals surface area contributed by atoms with Crippen LogP contribution in [0.15, 0.2) is 0 Å². The average molecular weight is 1410 g/mol. The van der Waals surface area contributed by atoms with Gasteiger partial charge in [-0.15, -0.1) is 0 Å². The molecule has 6 aliphatic rings. The van der Waals surface area contributed by atoms with Crippen molar-refractivity contribution in [1.82, 2.24) is 0 Å². The summed E-state index contributed by atoms with van der Waals surface area (Å²) in [5, 5.41) is 0. The first kappa shape index (κ1) is 94.6. The van der Waals surface area contributed by atoms with E-state index in [4.69, 9.17) is 13.7 Å². The number of hydrogen-bond donors (Lipinski definition) is 0. The molecule has 0 aromatic carbocycles. The molecule has 6 rings (SSSR count). The van der Waals surface area contributed by atoms with Gasteiger partial charge in [0.05, 0.1) is 0 Å². The van der Waals surface area contributed by atoms with E-state index in [-0.39, 0.29) is 46.7 Å². The SMILES string of the molecule is CC.CC(C)(C)C.CC(C)C.CC1CCC2(CC1)CCC(C)(C)CC2.CC1CCC2(CCCC2)CC1.CCC.CCC(C)CC(F)(F)F.CCC(C)CC(F)(F)F.CCCC.[2H]C(C)(C)C.[2H]C(C)(C)C.[2H]C([2H])(C)C(C)(C)C.[2H]C([2H])(C)C(C)C.[2H]C([2H])(C)CC.[2H]C1(C)CCCC1.[2H]C1(C)CCCCC1.